The van der Waals surface area contributed by atoms with Gasteiger partial charge in [0, 0.05) is 5.92 Å². The molecule has 73 valence electrons. The van der Waals surface area contributed by atoms with E-state index >= 15 is 0 Å². The van der Waals surface area contributed by atoms with E-state index < -0.39 is 0 Å². The largest absolute Gasteiger partial charge is 0.0809 e. The molecular weight excluding hydrogens is 168 g/mol. The molecule has 14 heavy (non-hydrogen) atoms. The molecule has 0 aliphatic rings. The molecule has 0 aliphatic carbocycles. The van der Waals surface area contributed by atoms with Crippen LogP contribution in [0.15, 0.2) is 12.1 Å². The number of aryl methyl sites for hydroxylation is 2. The van der Waals surface area contributed by atoms with Crippen molar-refractivity contribution in [3.8, 4) is 5.92 Å². The third-order valence-corrected chi connectivity index (χ3v) is 2.81. The molecule has 1 rings (SSSR count). The van der Waals surface area contributed by atoms with Crippen LogP contribution in [0, 0.1) is 33.1 Å². The fourth-order valence-electron chi connectivity index (χ4n) is 1.83. The third-order valence-electron chi connectivity index (χ3n) is 2.81. The first-order valence-electron chi connectivity index (χ1n) is 5.10. The highest BCUT2D eigenvalue weighted by molar-refractivity contribution is 5.41. The average Bonchev–Trinajstić information content (AvgIpc) is 2.15. The zero-order valence-electron chi connectivity index (χ0n) is 9.44. The van der Waals surface area contributed by atoms with Crippen LogP contribution >= 0.6 is 0 Å². The summed E-state index contributed by atoms with van der Waals surface area (Å²) in [6.45, 7) is 8.46. The fraction of sp³-hybridized carbons (Fsp3) is 0.429. The van der Waals surface area contributed by atoms with Crippen LogP contribution in [0.3, 0.4) is 0 Å². The summed E-state index contributed by atoms with van der Waals surface area (Å²) < 4.78 is 0. The molecular formula is C14H17. The van der Waals surface area contributed by atoms with E-state index in [4.69, 9.17) is 6.42 Å². The average molecular weight is 185 g/mol. The highest BCUT2D eigenvalue weighted by Gasteiger charge is 2.10. The molecule has 1 aromatic rings. The molecule has 0 saturated heterocycles. The highest BCUT2D eigenvalue weighted by Crippen LogP contribution is 2.25. The van der Waals surface area contributed by atoms with Gasteiger partial charge in [-0.3, -0.25) is 0 Å². The summed E-state index contributed by atoms with van der Waals surface area (Å²) in [5, 5.41) is 0. The maximum atomic E-state index is 7.29. The van der Waals surface area contributed by atoms with E-state index in [1.807, 2.05) is 0 Å². The van der Waals surface area contributed by atoms with Gasteiger partial charge in [0.1, 0.15) is 0 Å². The van der Waals surface area contributed by atoms with Crippen LogP contribution in [-0.4, -0.2) is 0 Å². The lowest BCUT2D eigenvalue weighted by Crippen LogP contribution is -1.99. The molecule has 0 spiro atoms. The quantitative estimate of drug-likeness (QED) is 0.616. The molecule has 0 aliphatic heterocycles. The third kappa shape index (κ3) is 1.99. The predicted octanol–water partition coefficient (Wildman–Crippen LogP) is 3.70. The van der Waals surface area contributed by atoms with E-state index in [9.17, 15) is 0 Å². The molecule has 0 saturated carbocycles. The fourth-order valence-corrected chi connectivity index (χ4v) is 1.83. The van der Waals surface area contributed by atoms with Crippen LogP contribution in [0.5, 0.6) is 0 Å². The Labute approximate surface area is 87.4 Å². The highest BCUT2D eigenvalue weighted by atomic mass is 14.1. The predicted molar refractivity (Wildman–Crippen MR) is 60.8 cm³/mol. The summed E-state index contributed by atoms with van der Waals surface area (Å²) in [5.41, 5.74) is 5.16. The minimum Gasteiger partial charge on any atom is -0.0809 e. The lowest BCUT2D eigenvalue weighted by atomic mass is 9.89. The Bertz CT molecular complexity index is 366. The Balaban J connectivity index is 3.27. The summed E-state index contributed by atoms with van der Waals surface area (Å²) in [5.74, 6) is 2.77. The van der Waals surface area contributed by atoms with Crippen molar-refractivity contribution in [2.24, 2.45) is 0 Å². The molecule has 1 unspecified atom stereocenters. The van der Waals surface area contributed by atoms with Crippen LogP contribution in [0.1, 0.15) is 41.5 Å². The molecule has 0 amide bonds. The summed E-state index contributed by atoms with van der Waals surface area (Å²) in [6, 6.07) is 4.37. The van der Waals surface area contributed by atoms with Crippen molar-refractivity contribution >= 4 is 0 Å². The molecule has 0 heteroatoms. The topological polar surface area (TPSA) is 0 Å². The van der Waals surface area contributed by atoms with Gasteiger partial charge in [0.15, 0.2) is 0 Å². The van der Waals surface area contributed by atoms with Crippen LogP contribution in [-0.2, 0) is 0 Å². The lowest BCUT2D eigenvalue weighted by Gasteiger charge is -2.14. The first kappa shape index (κ1) is 10.9. The van der Waals surface area contributed by atoms with Gasteiger partial charge < -0.3 is 0 Å². The molecule has 0 aromatic heterocycles. The van der Waals surface area contributed by atoms with Gasteiger partial charge in [-0.15, -0.1) is 0 Å². The Morgan fingerprint density at radius 2 is 1.93 bits per heavy atom. The van der Waals surface area contributed by atoms with E-state index in [1.165, 1.54) is 22.3 Å². The maximum Gasteiger partial charge on any atom is 0.0462 e. The molecule has 1 atom stereocenters. The Morgan fingerprint density at radius 1 is 1.29 bits per heavy atom. The second kappa shape index (κ2) is 4.33. The summed E-state index contributed by atoms with van der Waals surface area (Å²) in [7, 11) is 0. The minimum atomic E-state index is 0.161. The van der Waals surface area contributed by atoms with E-state index in [1.54, 1.807) is 0 Å². The molecule has 0 nitrogen and oxygen atoms in total. The van der Waals surface area contributed by atoms with E-state index in [0.29, 0.717) is 0 Å². The van der Waals surface area contributed by atoms with E-state index in [2.05, 4.69) is 45.7 Å². The van der Waals surface area contributed by atoms with Gasteiger partial charge in [-0.2, -0.15) is 0 Å². The van der Waals surface area contributed by atoms with Gasteiger partial charge in [-0.05, 0) is 50.3 Å². The van der Waals surface area contributed by atoms with Crippen LogP contribution < -0.4 is 0 Å². The smallest absolute Gasteiger partial charge is 0.0462 e. The molecule has 0 bridgehead atoms. The molecule has 0 fully saturated rings. The molecule has 0 N–H and O–H groups in total. The van der Waals surface area contributed by atoms with Crippen molar-refractivity contribution in [1.82, 2.24) is 0 Å². The van der Waals surface area contributed by atoms with Gasteiger partial charge in [0.25, 0.3) is 0 Å². The van der Waals surface area contributed by atoms with Gasteiger partial charge in [0.05, 0.1) is 0 Å². The van der Waals surface area contributed by atoms with Gasteiger partial charge in [-0.25, -0.2) is 0 Å². The van der Waals surface area contributed by atoms with Crippen molar-refractivity contribution in [2.45, 2.75) is 40.0 Å². The van der Waals surface area contributed by atoms with E-state index in [0.717, 1.165) is 6.42 Å². The zero-order chi connectivity index (χ0) is 10.7. The second-order valence-corrected chi connectivity index (χ2v) is 3.90. The SMILES string of the molecule is [C]#CC(CC)c1cc(C)cc(C)c1C. The van der Waals surface area contributed by atoms with Crippen molar-refractivity contribution < 1.29 is 0 Å². The summed E-state index contributed by atoms with van der Waals surface area (Å²) >= 11 is 0. The second-order valence-electron chi connectivity index (χ2n) is 3.90. The number of hydrogen-bond acceptors (Lipinski definition) is 0. The molecule has 1 aromatic carbocycles. The van der Waals surface area contributed by atoms with Gasteiger partial charge in [0.2, 0.25) is 0 Å². The van der Waals surface area contributed by atoms with Crippen molar-refractivity contribution in [2.75, 3.05) is 0 Å². The minimum absolute atomic E-state index is 0.161. The first-order chi connectivity index (χ1) is 6.60. The lowest BCUT2D eigenvalue weighted by molar-refractivity contribution is 0.819. The maximum absolute atomic E-state index is 7.29. The normalized spacial score (nSPS) is 12.2. The van der Waals surface area contributed by atoms with Crippen molar-refractivity contribution in [3.63, 3.8) is 0 Å². The van der Waals surface area contributed by atoms with Crippen molar-refractivity contribution in [3.05, 3.63) is 40.8 Å². The summed E-state index contributed by atoms with van der Waals surface area (Å²) in [6.07, 6.45) is 8.24. The number of benzene rings is 1. The zero-order valence-corrected chi connectivity index (χ0v) is 9.44. The Hall–Kier alpha value is -1.22. The standard InChI is InChI=1S/C14H17/c1-6-13(7-2)14-9-10(3)8-11(4)12(14)5/h8-9,13H,6H2,1,3-5H3. The van der Waals surface area contributed by atoms with Gasteiger partial charge >= 0.3 is 0 Å². The van der Waals surface area contributed by atoms with Crippen molar-refractivity contribution in [1.29, 1.82) is 0 Å². The molecule has 0 heterocycles. The van der Waals surface area contributed by atoms with Crippen LogP contribution in [0.2, 0.25) is 0 Å². The number of rotatable bonds is 2. The first-order valence-corrected chi connectivity index (χ1v) is 5.10. The Kier molecular flexibility index (Phi) is 3.36. The summed E-state index contributed by atoms with van der Waals surface area (Å²) in [4.78, 5) is 0. The van der Waals surface area contributed by atoms with E-state index in [-0.39, 0.29) is 5.92 Å². The number of hydrogen-bond donors (Lipinski definition) is 0. The van der Waals surface area contributed by atoms with Crippen LogP contribution in [0.25, 0.3) is 0 Å². The molecule has 1 radical (unpaired) electrons. The Morgan fingerprint density at radius 3 is 2.43 bits per heavy atom. The van der Waals surface area contributed by atoms with Gasteiger partial charge in [-0.1, -0.05) is 30.5 Å². The monoisotopic (exact) mass is 185 g/mol. The van der Waals surface area contributed by atoms with Crippen LogP contribution in [0.4, 0.5) is 0 Å².